The quantitative estimate of drug-likeness (QED) is 0.764. The lowest BCUT2D eigenvalue weighted by Crippen LogP contribution is -2.43. The second-order valence-electron chi connectivity index (χ2n) is 8.32. The van der Waals surface area contributed by atoms with Gasteiger partial charge in [-0.25, -0.2) is 4.79 Å². The molecule has 30 heavy (non-hydrogen) atoms. The molecule has 0 aromatic heterocycles. The molecule has 1 aromatic carbocycles. The fourth-order valence-corrected chi connectivity index (χ4v) is 3.23. The highest BCUT2D eigenvalue weighted by atomic mass is 16.6. The van der Waals surface area contributed by atoms with Gasteiger partial charge < -0.3 is 24.6 Å². The van der Waals surface area contributed by atoms with E-state index in [0.717, 1.165) is 11.3 Å². The molecule has 1 aliphatic rings. The second-order valence-corrected chi connectivity index (χ2v) is 8.32. The average Bonchev–Trinajstić information content (AvgIpc) is 2.95. The Bertz CT molecular complexity index is 745. The van der Waals surface area contributed by atoms with Crippen molar-refractivity contribution >= 4 is 17.9 Å². The van der Waals surface area contributed by atoms with Gasteiger partial charge in [0.25, 0.3) is 0 Å². The zero-order chi connectivity index (χ0) is 22.1. The van der Waals surface area contributed by atoms with Crippen LogP contribution in [-0.4, -0.2) is 73.1 Å². The van der Waals surface area contributed by atoms with Crippen LogP contribution in [-0.2, 0) is 20.7 Å². The fraction of sp³-hybridized carbons (Fsp3) is 0.591. The van der Waals surface area contributed by atoms with Gasteiger partial charge in [0.05, 0.1) is 7.11 Å². The first-order chi connectivity index (χ1) is 14.2. The standard InChI is InChI=1S/C22H33N3O5/c1-22(2,3)30-21(28)23-16-20(27)25-12-6-11-24(13-14-25)19(26)10-9-17-7-5-8-18(15-17)29-4/h5,7-8,15H,6,9-14,16H2,1-4H3,(H,23,28). The van der Waals surface area contributed by atoms with Crippen molar-refractivity contribution in [3.05, 3.63) is 29.8 Å². The number of hydrogen-bond donors (Lipinski definition) is 1. The normalized spacial score (nSPS) is 14.7. The smallest absolute Gasteiger partial charge is 0.408 e. The van der Waals surface area contributed by atoms with E-state index in [9.17, 15) is 14.4 Å². The maximum Gasteiger partial charge on any atom is 0.408 e. The van der Waals surface area contributed by atoms with Crippen molar-refractivity contribution in [2.24, 2.45) is 0 Å². The Balaban J connectivity index is 1.77. The monoisotopic (exact) mass is 419 g/mol. The number of aryl methyl sites for hydroxylation is 1. The van der Waals surface area contributed by atoms with Crippen molar-refractivity contribution < 1.29 is 23.9 Å². The van der Waals surface area contributed by atoms with Gasteiger partial charge in [0.15, 0.2) is 0 Å². The van der Waals surface area contributed by atoms with Crippen molar-refractivity contribution in [2.75, 3.05) is 39.8 Å². The molecule has 0 atom stereocenters. The molecule has 0 radical (unpaired) electrons. The third-order valence-electron chi connectivity index (χ3n) is 4.75. The van der Waals surface area contributed by atoms with Gasteiger partial charge in [-0.15, -0.1) is 0 Å². The molecule has 1 heterocycles. The second kappa shape index (κ2) is 10.8. The fourth-order valence-electron chi connectivity index (χ4n) is 3.23. The molecule has 3 amide bonds. The molecule has 0 saturated carbocycles. The van der Waals surface area contributed by atoms with E-state index in [1.807, 2.05) is 29.2 Å². The van der Waals surface area contributed by atoms with Crippen LogP contribution in [0.15, 0.2) is 24.3 Å². The third kappa shape index (κ3) is 7.93. The van der Waals surface area contributed by atoms with Gasteiger partial charge in [-0.2, -0.15) is 0 Å². The summed E-state index contributed by atoms with van der Waals surface area (Å²) in [4.78, 5) is 40.3. The van der Waals surface area contributed by atoms with Crippen LogP contribution in [0.1, 0.15) is 39.2 Å². The number of rotatable bonds is 6. The first-order valence-corrected chi connectivity index (χ1v) is 10.3. The average molecular weight is 420 g/mol. The topological polar surface area (TPSA) is 88.2 Å². The van der Waals surface area contributed by atoms with E-state index in [2.05, 4.69) is 5.32 Å². The van der Waals surface area contributed by atoms with E-state index in [1.54, 1.807) is 32.8 Å². The summed E-state index contributed by atoms with van der Waals surface area (Å²) >= 11 is 0. The number of benzene rings is 1. The van der Waals surface area contributed by atoms with Crippen LogP contribution < -0.4 is 10.1 Å². The van der Waals surface area contributed by atoms with Gasteiger partial charge in [0, 0.05) is 32.6 Å². The number of hydrogen-bond acceptors (Lipinski definition) is 5. The molecule has 0 bridgehead atoms. The van der Waals surface area contributed by atoms with E-state index in [0.29, 0.717) is 45.4 Å². The Labute approximate surface area is 178 Å². The van der Waals surface area contributed by atoms with Crippen molar-refractivity contribution in [3.63, 3.8) is 0 Å². The molecule has 1 fully saturated rings. The predicted octanol–water partition coefficient (Wildman–Crippen LogP) is 2.21. The molecule has 1 aromatic rings. The lowest BCUT2D eigenvalue weighted by atomic mass is 10.1. The summed E-state index contributed by atoms with van der Waals surface area (Å²) in [6.07, 6.45) is 1.17. The van der Waals surface area contributed by atoms with Crippen molar-refractivity contribution in [1.82, 2.24) is 15.1 Å². The minimum absolute atomic E-state index is 0.0824. The first-order valence-electron chi connectivity index (χ1n) is 10.3. The number of carbonyl (C=O) groups is 3. The Morgan fingerprint density at radius 1 is 1.03 bits per heavy atom. The molecular formula is C22H33N3O5. The molecule has 8 nitrogen and oxygen atoms in total. The van der Waals surface area contributed by atoms with Gasteiger partial charge in [-0.05, 0) is 51.3 Å². The maximum absolute atomic E-state index is 12.6. The zero-order valence-corrected chi connectivity index (χ0v) is 18.4. The zero-order valence-electron chi connectivity index (χ0n) is 18.4. The summed E-state index contributed by atoms with van der Waals surface area (Å²) in [7, 11) is 1.62. The number of nitrogens with zero attached hydrogens (tertiary/aromatic N) is 2. The van der Waals surface area contributed by atoms with Crippen LogP contribution in [0.5, 0.6) is 5.75 Å². The minimum atomic E-state index is -0.611. The Morgan fingerprint density at radius 3 is 2.33 bits per heavy atom. The molecular weight excluding hydrogens is 386 g/mol. The summed E-state index contributed by atoms with van der Waals surface area (Å²) in [5.74, 6) is 0.689. The lowest BCUT2D eigenvalue weighted by Gasteiger charge is -2.23. The van der Waals surface area contributed by atoms with Crippen LogP contribution in [0.3, 0.4) is 0 Å². The minimum Gasteiger partial charge on any atom is -0.497 e. The summed E-state index contributed by atoms with van der Waals surface area (Å²) in [6.45, 7) is 7.33. The number of amides is 3. The number of carbonyl (C=O) groups excluding carboxylic acids is 3. The summed E-state index contributed by atoms with van der Waals surface area (Å²) < 4.78 is 10.4. The highest BCUT2D eigenvalue weighted by molar-refractivity contribution is 5.82. The van der Waals surface area contributed by atoms with Crippen LogP contribution in [0.25, 0.3) is 0 Å². The van der Waals surface area contributed by atoms with Crippen LogP contribution in [0, 0.1) is 0 Å². The van der Waals surface area contributed by atoms with E-state index in [1.165, 1.54) is 0 Å². The number of alkyl carbamates (subject to hydrolysis) is 1. The van der Waals surface area contributed by atoms with Gasteiger partial charge in [-0.3, -0.25) is 9.59 Å². The summed E-state index contributed by atoms with van der Waals surface area (Å²) in [5.41, 5.74) is 0.448. The molecule has 0 aliphatic carbocycles. The van der Waals surface area contributed by atoms with Crippen molar-refractivity contribution in [1.29, 1.82) is 0 Å². The predicted molar refractivity (Wildman–Crippen MR) is 113 cm³/mol. The van der Waals surface area contributed by atoms with Crippen LogP contribution >= 0.6 is 0 Å². The maximum atomic E-state index is 12.6. The van der Waals surface area contributed by atoms with Gasteiger partial charge in [0.2, 0.25) is 11.8 Å². The van der Waals surface area contributed by atoms with E-state index in [4.69, 9.17) is 9.47 Å². The Kier molecular flexibility index (Phi) is 8.50. The van der Waals surface area contributed by atoms with Crippen molar-refractivity contribution in [2.45, 2.75) is 45.6 Å². The largest absolute Gasteiger partial charge is 0.497 e. The number of ether oxygens (including phenoxy) is 2. The molecule has 1 N–H and O–H groups in total. The van der Waals surface area contributed by atoms with Gasteiger partial charge in [0.1, 0.15) is 17.9 Å². The summed E-state index contributed by atoms with van der Waals surface area (Å²) in [6, 6.07) is 7.72. The highest BCUT2D eigenvalue weighted by Crippen LogP contribution is 2.15. The van der Waals surface area contributed by atoms with Crippen molar-refractivity contribution in [3.8, 4) is 5.75 Å². The lowest BCUT2D eigenvalue weighted by molar-refractivity contribution is -0.133. The van der Waals surface area contributed by atoms with E-state index in [-0.39, 0.29) is 18.4 Å². The molecule has 2 rings (SSSR count). The van der Waals surface area contributed by atoms with E-state index >= 15 is 0 Å². The Hall–Kier alpha value is -2.77. The molecule has 1 saturated heterocycles. The van der Waals surface area contributed by atoms with Crippen LogP contribution in [0.2, 0.25) is 0 Å². The molecule has 8 heteroatoms. The molecule has 166 valence electrons. The third-order valence-corrected chi connectivity index (χ3v) is 4.75. The first kappa shape index (κ1) is 23.5. The SMILES string of the molecule is COc1cccc(CCC(=O)N2CCCN(C(=O)CNC(=O)OC(C)(C)C)CC2)c1. The molecule has 0 unspecified atom stereocenters. The van der Waals surface area contributed by atoms with E-state index < -0.39 is 11.7 Å². The molecule has 0 spiro atoms. The highest BCUT2D eigenvalue weighted by Gasteiger charge is 2.23. The molecule has 1 aliphatic heterocycles. The number of methoxy groups -OCH3 is 1. The summed E-state index contributed by atoms with van der Waals surface area (Å²) in [5, 5.41) is 2.50. The van der Waals surface area contributed by atoms with Gasteiger partial charge in [-0.1, -0.05) is 12.1 Å². The number of nitrogens with one attached hydrogen (secondary N) is 1. The van der Waals surface area contributed by atoms with Gasteiger partial charge >= 0.3 is 6.09 Å². The van der Waals surface area contributed by atoms with Crippen LogP contribution in [0.4, 0.5) is 4.79 Å². The Morgan fingerprint density at radius 2 is 1.70 bits per heavy atom.